The predicted molar refractivity (Wildman–Crippen MR) is 182 cm³/mol. The summed E-state index contributed by atoms with van der Waals surface area (Å²) in [6, 6.07) is -0.901. The number of phosphoric acid groups is 1. The lowest BCUT2D eigenvalue weighted by atomic mass is 10.1. The van der Waals surface area contributed by atoms with Crippen molar-refractivity contribution < 1.29 is 32.9 Å². The van der Waals surface area contributed by atoms with E-state index >= 15 is 0 Å². The van der Waals surface area contributed by atoms with Crippen molar-refractivity contribution in [2.45, 2.75) is 142 Å². The van der Waals surface area contributed by atoms with Crippen LogP contribution in [0.15, 0.2) is 36.5 Å². The Balaban J connectivity index is 4.54. The molecule has 0 saturated carbocycles. The summed E-state index contributed by atoms with van der Waals surface area (Å²) in [4.78, 5) is 24.8. The first-order valence-corrected chi connectivity index (χ1v) is 18.8. The molecule has 0 rings (SSSR count). The zero-order valence-corrected chi connectivity index (χ0v) is 29.7. The number of quaternary nitrogens is 1. The smallest absolute Gasteiger partial charge is 0.268 e. The van der Waals surface area contributed by atoms with Gasteiger partial charge in [-0.15, -0.1) is 0 Å². The topological polar surface area (TPSA) is 108 Å². The van der Waals surface area contributed by atoms with Crippen molar-refractivity contribution in [3.63, 3.8) is 0 Å². The molecule has 1 amide bonds. The number of hydrogen-bond donors (Lipinski definition) is 2. The van der Waals surface area contributed by atoms with Crippen molar-refractivity contribution in [2.75, 3.05) is 40.9 Å². The number of hydrogen-bond acceptors (Lipinski definition) is 6. The molecule has 0 heterocycles. The number of rotatable bonds is 30. The summed E-state index contributed by atoms with van der Waals surface area (Å²) in [5.74, 6) is -0.228. The number of phosphoric ester groups is 1. The van der Waals surface area contributed by atoms with Gasteiger partial charge in [-0.25, -0.2) is 0 Å². The minimum absolute atomic E-state index is 0.00935. The van der Waals surface area contributed by atoms with Crippen LogP contribution < -0.4 is 10.2 Å². The van der Waals surface area contributed by atoms with Gasteiger partial charge in [-0.05, 0) is 44.9 Å². The molecular formula is C35H67N2O6P. The molecule has 0 aliphatic heterocycles. The molecule has 0 fully saturated rings. The van der Waals surface area contributed by atoms with Crippen LogP contribution in [0.5, 0.6) is 0 Å². The van der Waals surface area contributed by atoms with Gasteiger partial charge in [-0.3, -0.25) is 9.36 Å². The Labute approximate surface area is 270 Å². The Morgan fingerprint density at radius 3 is 1.84 bits per heavy atom. The molecule has 0 aromatic heterocycles. The van der Waals surface area contributed by atoms with Crippen molar-refractivity contribution in [3.8, 4) is 0 Å². The zero-order valence-electron chi connectivity index (χ0n) is 28.9. The van der Waals surface area contributed by atoms with E-state index in [0.29, 0.717) is 17.4 Å². The van der Waals surface area contributed by atoms with Gasteiger partial charge in [0.15, 0.2) is 0 Å². The van der Waals surface area contributed by atoms with Crippen molar-refractivity contribution >= 4 is 13.7 Å². The third-order valence-corrected chi connectivity index (χ3v) is 8.29. The fourth-order valence-corrected chi connectivity index (χ4v) is 5.20. The van der Waals surface area contributed by atoms with Gasteiger partial charge < -0.3 is 28.8 Å². The summed E-state index contributed by atoms with van der Waals surface area (Å²) < 4.78 is 22.9. The minimum Gasteiger partial charge on any atom is -0.756 e. The summed E-state index contributed by atoms with van der Waals surface area (Å²) in [5, 5.41) is 13.5. The van der Waals surface area contributed by atoms with Gasteiger partial charge in [-0.1, -0.05) is 115 Å². The standard InChI is InChI=1S/C35H67N2O6P/c1-6-8-10-12-13-14-15-16-17-18-19-20-21-22-23-25-26-28-34(38)33(36-35(39)29-27-24-11-9-7-2)32-43-44(40,41)42-31-30-37(3,4)5/h17-18,21-22,26,28,33-34,38H,6-16,19-20,23-25,27,29-32H2,1-5H3,(H-,36,39,40,41)/b18-17+,22-21+,28-26+. The molecule has 3 unspecified atom stereocenters. The first-order valence-electron chi connectivity index (χ1n) is 17.4. The van der Waals surface area contributed by atoms with E-state index in [9.17, 15) is 19.4 Å². The lowest BCUT2D eigenvalue weighted by Crippen LogP contribution is -2.45. The second-order valence-corrected chi connectivity index (χ2v) is 14.3. The van der Waals surface area contributed by atoms with Crippen LogP contribution in [0.3, 0.4) is 0 Å². The normalized spacial score (nSPS) is 15.3. The molecule has 0 spiro atoms. The molecule has 258 valence electrons. The first-order chi connectivity index (χ1) is 21.0. The van der Waals surface area contributed by atoms with Gasteiger partial charge >= 0.3 is 0 Å². The van der Waals surface area contributed by atoms with E-state index in [2.05, 4.69) is 43.5 Å². The van der Waals surface area contributed by atoms with Crippen molar-refractivity contribution in [3.05, 3.63) is 36.5 Å². The van der Waals surface area contributed by atoms with E-state index < -0.39 is 26.6 Å². The number of amides is 1. The molecule has 3 atom stereocenters. The maximum atomic E-state index is 12.5. The highest BCUT2D eigenvalue weighted by Crippen LogP contribution is 2.38. The highest BCUT2D eigenvalue weighted by atomic mass is 31.2. The number of allylic oxidation sites excluding steroid dienone is 5. The molecule has 8 nitrogen and oxygen atoms in total. The number of aliphatic hydroxyl groups is 1. The van der Waals surface area contributed by atoms with E-state index in [4.69, 9.17) is 9.05 Å². The number of nitrogens with one attached hydrogen (secondary N) is 1. The summed E-state index contributed by atoms with van der Waals surface area (Å²) in [6.07, 6.45) is 30.9. The van der Waals surface area contributed by atoms with Crippen molar-refractivity contribution in [2.24, 2.45) is 0 Å². The maximum absolute atomic E-state index is 12.5. The molecule has 0 aromatic carbocycles. The van der Waals surface area contributed by atoms with E-state index in [0.717, 1.165) is 57.8 Å². The summed E-state index contributed by atoms with van der Waals surface area (Å²) in [7, 11) is 1.23. The van der Waals surface area contributed by atoms with Crippen LogP contribution in [0.25, 0.3) is 0 Å². The molecular weight excluding hydrogens is 575 g/mol. The lowest BCUT2D eigenvalue weighted by Gasteiger charge is -2.29. The Morgan fingerprint density at radius 2 is 1.27 bits per heavy atom. The van der Waals surface area contributed by atoms with Crippen LogP contribution in [-0.4, -0.2) is 68.5 Å². The number of carbonyl (C=O) groups is 1. The van der Waals surface area contributed by atoms with Gasteiger partial charge in [-0.2, -0.15) is 0 Å². The fourth-order valence-electron chi connectivity index (χ4n) is 4.47. The van der Waals surface area contributed by atoms with E-state index in [1.165, 1.54) is 51.4 Å². The van der Waals surface area contributed by atoms with Crippen LogP contribution in [0.1, 0.15) is 129 Å². The highest BCUT2D eigenvalue weighted by molar-refractivity contribution is 7.45. The minimum atomic E-state index is -4.58. The first kappa shape index (κ1) is 42.7. The second-order valence-electron chi connectivity index (χ2n) is 12.9. The molecule has 9 heteroatoms. The molecule has 0 aliphatic rings. The van der Waals surface area contributed by atoms with Crippen molar-refractivity contribution in [1.82, 2.24) is 5.32 Å². The fraction of sp³-hybridized carbons (Fsp3) is 0.800. The highest BCUT2D eigenvalue weighted by Gasteiger charge is 2.23. The summed E-state index contributed by atoms with van der Waals surface area (Å²) >= 11 is 0. The van der Waals surface area contributed by atoms with Crippen molar-refractivity contribution in [1.29, 1.82) is 0 Å². The molecule has 44 heavy (non-hydrogen) atoms. The molecule has 0 radical (unpaired) electrons. The molecule has 0 aliphatic carbocycles. The Hall–Kier alpha value is -1.28. The zero-order chi connectivity index (χ0) is 32.9. The second kappa shape index (κ2) is 28.0. The van der Waals surface area contributed by atoms with Gasteiger partial charge in [0.2, 0.25) is 5.91 Å². The monoisotopic (exact) mass is 642 g/mol. The van der Waals surface area contributed by atoms with E-state index in [1.54, 1.807) is 6.08 Å². The molecule has 0 aromatic rings. The van der Waals surface area contributed by atoms with Gasteiger partial charge in [0.05, 0.1) is 39.9 Å². The molecule has 2 N–H and O–H groups in total. The number of carbonyl (C=O) groups excluding carboxylic acids is 1. The van der Waals surface area contributed by atoms with E-state index in [-0.39, 0.29) is 12.5 Å². The molecule has 0 saturated heterocycles. The summed E-state index contributed by atoms with van der Waals surface area (Å²) in [6.45, 7) is 4.48. The maximum Gasteiger partial charge on any atom is 0.268 e. The van der Waals surface area contributed by atoms with Gasteiger partial charge in [0.25, 0.3) is 7.82 Å². The molecule has 0 bridgehead atoms. The SMILES string of the molecule is CCCCCCCCC/C=C/CC/C=C/CC/C=C/C(O)C(COP(=O)([O-])OCC[N+](C)(C)C)NC(=O)CCCCCCC. The summed E-state index contributed by atoms with van der Waals surface area (Å²) in [5.41, 5.74) is 0. The van der Waals surface area contributed by atoms with Crippen LogP contribution in [-0.2, 0) is 18.4 Å². The van der Waals surface area contributed by atoms with Crippen LogP contribution in [0.2, 0.25) is 0 Å². The average molecular weight is 643 g/mol. The number of unbranched alkanes of at least 4 members (excludes halogenated alkanes) is 13. The number of likely N-dealkylation sites (N-methyl/N-ethyl adjacent to an activating group) is 1. The Bertz CT molecular complexity index is 825. The average Bonchev–Trinajstić information content (AvgIpc) is 2.95. The number of nitrogens with zero attached hydrogens (tertiary/aromatic N) is 1. The predicted octanol–water partition coefficient (Wildman–Crippen LogP) is 7.77. The quantitative estimate of drug-likeness (QED) is 0.0359. The van der Waals surface area contributed by atoms with Gasteiger partial charge in [0, 0.05) is 6.42 Å². The Kier molecular flexibility index (Phi) is 27.2. The lowest BCUT2D eigenvalue weighted by molar-refractivity contribution is -0.870. The largest absolute Gasteiger partial charge is 0.756 e. The van der Waals surface area contributed by atoms with Gasteiger partial charge in [0.1, 0.15) is 13.2 Å². The van der Waals surface area contributed by atoms with Crippen LogP contribution in [0.4, 0.5) is 0 Å². The van der Waals surface area contributed by atoms with E-state index in [1.807, 2.05) is 27.2 Å². The third kappa shape index (κ3) is 29.4. The van der Waals surface area contributed by atoms with Crippen LogP contribution >= 0.6 is 7.82 Å². The third-order valence-electron chi connectivity index (χ3n) is 7.33. The number of aliphatic hydroxyl groups excluding tert-OH is 1. The Morgan fingerprint density at radius 1 is 0.773 bits per heavy atom. The van der Waals surface area contributed by atoms with Crippen LogP contribution in [0, 0.1) is 0 Å².